The molecule has 2 aromatic heterocycles. The van der Waals surface area contributed by atoms with Crippen molar-refractivity contribution in [2.75, 3.05) is 7.11 Å². The van der Waals surface area contributed by atoms with Crippen molar-refractivity contribution in [2.24, 2.45) is 0 Å². The van der Waals surface area contributed by atoms with Crippen LogP contribution in [0.4, 0.5) is 5.69 Å². The second-order valence-electron chi connectivity index (χ2n) is 7.39. The molecule has 0 N–H and O–H groups in total. The first-order chi connectivity index (χ1) is 15.6. The van der Waals surface area contributed by atoms with Crippen molar-refractivity contribution in [3.63, 3.8) is 0 Å². The molecule has 0 radical (unpaired) electrons. The molecule has 0 unspecified atom stereocenters. The number of ether oxygens (including phenoxy) is 1. The van der Waals surface area contributed by atoms with Gasteiger partial charge in [0.15, 0.2) is 0 Å². The number of rotatable bonds is 5. The fourth-order valence-electron chi connectivity index (χ4n) is 3.92. The number of hydrogen-bond acceptors (Lipinski definition) is 4. The highest BCUT2D eigenvalue weighted by molar-refractivity contribution is 5.99. The molecule has 6 nitrogen and oxygen atoms in total. The van der Waals surface area contributed by atoms with Crippen molar-refractivity contribution in [1.82, 2.24) is 9.55 Å². The van der Waals surface area contributed by atoms with Crippen LogP contribution in [0.15, 0.2) is 97.5 Å². The monoisotopic (exact) mass is 421 g/mol. The second-order valence-corrected chi connectivity index (χ2v) is 7.39. The Hall–Kier alpha value is -4.45. The summed E-state index contributed by atoms with van der Waals surface area (Å²) in [5.74, 6) is 0.805. The molecule has 0 saturated carbocycles. The fourth-order valence-corrected chi connectivity index (χ4v) is 3.92. The molecule has 0 spiro atoms. The number of non-ortho nitro benzene ring substituents is 1. The van der Waals surface area contributed by atoms with E-state index in [0.717, 1.165) is 44.6 Å². The maximum Gasteiger partial charge on any atom is 0.270 e. The first-order valence-corrected chi connectivity index (χ1v) is 10.1. The zero-order chi connectivity index (χ0) is 22.1. The number of benzene rings is 3. The van der Waals surface area contributed by atoms with Gasteiger partial charge < -0.3 is 9.30 Å². The molecule has 6 heteroatoms. The summed E-state index contributed by atoms with van der Waals surface area (Å²) in [6, 6.07) is 24.7. The van der Waals surface area contributed by atoms with Crippen LogP contribution in [-0.4, -0.2) is 21.6 Å². The van der Waals surface area contributed by atoms with Gasteiger partial charge in [0.1, 0.15) is 5.75 Å². The summed E-state index contributed by atoms with van der Waals surface area (Å²) in [4.78, 5) is 15.0. The van der Waals surface area contributed by atoms with E-state index in [9.17, 15) is 10.1 Å². The first kappa shape index (κ1) is 19.5. The smallest absolute Gasteiger partial charge is 0.270 e. The summed E-state index contributed by atoms with van der Waals surface area (Å²) >= 11 is 0. The average molecular weight is 421 g/mol. The summed E-state index contributed by atoms with van der Waals surface area (Å²) in [7, 11) is 1.65. The van der Waals surface area contributed by atoms with Crippen LogP contribution in [0, 0.1) is 10.1 Å². The van der Waals surface area contributed by atoms with Crippen molar-refractivity contribution in [2.45, 2.75) is 0 Å². The van der Waals surface area contributed by atoms with E-state index in [1.807, 2.05) is 48.5 Å². The molecule has 0 saturated heterocycles. The summed E-state index contributed by atoms with van der Waals surface area (Å²) < 4.78 is 7.42. The highest BCUT2D eigenvalue weighted by atomic mass is 16.6. The van der Waals surface area contributed by atoms with Crippen LogP contribution in [-0.2, 0) is 0 Å². The maximum atomic E-state index is 11.2. The quantitative estimate of drug-likeness (QED) is 0.247. The maximum absolute atomic E-state index is 11.2. The van der Waals surface area contributed by atoms with E-state index in [2.05, 4.69) is 27.9 Å². The van der Waals surface area contributed by atoms with Crippen LogP contribution in [0.1, 0.15) is 0 Å². The third kappa shape index (κ3) is 3.48. The summed E-state index contributed by atoms with van der Waals surface area (Å²) in [6.45, 7) is 0. The van der Waals surface area contributed by atoms with Crippen molar-refractivity contribution < 1.29 is 9.66 Å². The molecule has 5 rings (SSSR count). The van der Waals surface area contributed by atoms with Crippen molar-refractivity contribution in [1.29, 1.82) is 0 Å². The standard InChI is InChI=1S/C26H19N3O3/c1-32-23-8-5-18(6-9-23)25-17-28(21-11-13-27-14-12-21)26-16-20(7-10-24(25)26)19-3-2-4-22(15-19)29(30)31/h2-17H,1H3. The largest absolute Gasteiger partial charge is 0.497 e. The van der Waals surface area contributed by atoms with E-state index < -0.39 is 0 Å². The first-order valence-electron chi connectivity index (χ1n) is 10.1. The Labute approximate surface area is 184 Å². The summed E-state index contributed by atoms with van der Waals surface area (Å²) in [5, 5.41) is 12.3. The SMILES string of the molecule is COc1ccc(-c2cn(-c3ccncc3)c3cc(-c4cccc([N+](=O)[O-])c4)ccc23)cc1. The van der Waals surface area contributed by atoms with Crippen molar-refractivity contribution in [3.8, 4) is 33.7 Å². The Morgan fingerprint density at radius 1 is 0.875 bits per heavy atom. The lowest BCUT2D eigenvalue weighted by Gasteiger charge is -2.07. The van der Waals surface area contributed by atoms with E-state index >= 15 is 0 Å². The van der Waals surface area contributed by atoms with Gasteiger partial charge in [-0.3, -0.25) is 15.1 Å². The molecule has 0 bridgehead atoms. The number of pyridine rings is 1. The van der Waals surface area contributed by atoms with E-state index in [-0.39, 0.29) is 10.6 Å². The fraction of sp³-hybridized carbons (Fsp3) is 0.0385. The lowest BCUT2D eigenvalue weighted by atomic mass is 10.0. The predicted octanol–water partition coefficient (Wildman–Crippen LogP) is 6.28. The molecule has 5 aromatic rings. The van der Waals surface area contributed by atoms with E-state index in [0.29, 0.717) is 0 Å². The second kappa shape index (κ2) is 8.00. The van der Waals surface area contributed by atoms with Gasteiger partial charge in [-0.05, 0) is 47.0 Å². The van der Waals surface area contributed by atoms with Crippen LogP contribution in [0.5, 0.6) is 5.75 Å². The molecule has 0 atom stereocenters. The van der Waals surface area contributed by atoms with Crippen LogP contribution in [0.25, 0.3) is 38.8 Å². The number of fused-ring (bicyclic) bond motifs is 1. The van der Waals surface area contributed by atoms with Crippen molar-refractivity contribution >= 4 is 16.6 Å². The minimum Gasteiger partial charge on any atom is -0.497 e. The third-order valence-corrected chi connectivity index (χ3v) is 5.54. The number of nitro benzene ring substituents is 1. The highest BCUT2D eigenvalue weighted by Crippen LogP contribution is 2.36. The van der Waals surface area contributed by atoms with Crippen LogP contribution >= 0.6 is 0 Å². The van der Waals surface area contributed by atoms with Gasteiger partial charge in [-0.15, -0.1) is 0 Å². The molecule has 0 fully saturated rings. The third-order valence-electron chi connectivity index (χ3n) is 5.54. The lowest BCUT2D eigenvalue weighted by molar-refractivity contribution is -0.384. The van der Waals surface area contributed by atoms with Gasteiger partial charge in [-0.1, -0.05) is 36.4 Å². The zero-order valence-electron chi connectivity index (χ0n) is 17.3. The Morgan fingerprint density at radius 2 is 1.59 bits per heavy atom. The van der Waals surface area contributed by atoms with E-state index in [1.54, 1.807) is 31.6 Å². The van der Waals surface area contributed by atoms with Crippen LogP contribution in [0.2, 0.25) is 0 Å². The minimum atomic E-state index is -0.372. The molecule has 0 aliphatic heterocycles. The Morgan fingerprint density at radius 3 is 2.31 bits per heavy atom. The molecule has 2 heterocycles. The number of hydrogen-bond donors (Lipinski definition) is 0. The molecule has 32 heavy (non-hydrogen) atoms. The summed E-state index contributed by atoms with van der Waals surface area (Å²) in [6.07, 6.45) is 5.64. The number of nitrogens with zero attached hydrogens (tertiary/aromatic N) is 3. The molecule has 0 aliphatic rings. The van der Waals surface area contributed by atoms with E-state index in [4.69, 9.17) is 4.74 Å². The molecule has 0 amide bonds. The van der Waals surface area contributed by atoms with Crippen LogP contribution < -0.4 is 4.74 Å². The van der Waals surface area contributed by atoms with Crippen molar-refractivity contribution in [3.05, 3.63) is 108 Å². The average Bonchev–Trinajstić information content (AvgIpc) is 3.23. The number of methoxy groups -OCH3 is 1. The normalized spacial score (nSPS) is 10.9. The van der Waals surface area contributed by atoms with Gasteiger partial charge in [0.05, 0.1) is 17.5 Å². The van der Waals surface area contributed by atoms with E-state index in [1.165, 1.54) is 6.07 Å². The molecular weight excluding hydrogens is 402 g/mol. The molecule has 3 aromatic carbocycles. The molecule has 0 aliphatic carbocycles. The van der Waals surface area contributed by atoms with Crippen LogP contribution in [0.3, 0.4) is 0 Å². The van der Waals surface area contributed by atoms with Gasteiger partial charge in [-0.2, -0.15) is 0 Å². The summed E-state index contributed by atoms with van der Waals surface area (Å²) in [5.41, 5.74) is 5.94. The Kier molecular flexibility index (Phi) is 4.88. The van der Waals surface area contributed by atoms with Gasteiger partial charge in [-0.25, -0.2) is 0 Å². The minimum absolute atomic E-state index is 0.0750. The lowest BCUT2D eigenvalue weighted by Crippen LogP contribution is -1.92. The number of aromatic nitrogens is 2. The molecular formula is C26H19N3O3. The van der Waals surface area contributed by atoms with Gasteiger partial charge >= 0.3 is 0 Å². The number of nitro groups is 1. The predicted molar refractivity (Wildman–Crippen MR) is 125 cm³/mol. The molecule has 156 valence electrons. The zero-order valence-corrected chi connectivity index (χ0v) is 17.3. The highest BCUT2D eigenvalue weighted by Gasteiger charge is 2.14. The topological polar surface area (TPSA) is 70.2 Å². The Bertz CT molecular complexity index is 1420. The van der Waals surface area contributed by atoms with Gasteiger partial charge in [0, 0.05) is 47.4 Å². The van der Waals surface area contributed by atoms with Gasteiger partial charge in [0.2, 0.25) is 0 Å². The van der Waals surface area contributed by atoms with Gasteiger partial charge in [0.25, 0.3) is 5.69 Å². The Balaban J connectivity index is 1.72.